The maximum atomic E-state index is 13.1. The zero-order valence-corrected chi connectivity index (χ0v) is 14.2. The molecule has 2 aromatic carbocycles. The van der Waals surface area contributed by atoms with E-state index in [-0.39, 0.29) is 11.9 Å². The minimum atomic E-state index is 0.0372. The molecule has 0 radical (unpaired) electrons. The number of anilines is 1. The van der Waals surface area contributed by atoms with Crippen LogP contribution in [0.15, 0.2) is 42.5 Å². The van der Waals surface area contributed by atoms with Crippen molar-refractivity contribution in [3.63, 3.8) is 0 Å². The Morgan fingerprint density at radius 2 is 1.91 bits per heavy atom. The molecule has 0 fully saturated rings. The van der Waals surface area contributed by atoms with E-state index in [1.807, 2.05) is 48.2 Å². The fourth-order valence-electron chi connectivity index (χ4n) is 3.51. The second kappa shape index (κ2) is 6.07. The van der Waals surface area contributed by atoms with Gasteiger partial charge in [0.2, 0.25) is 0 Å². The minimum Gasteiger partial charge on any atom is -0.496 e. The monoisotopic (exact) mass is 309 g/mol. The molecule has 120 valence electrons. The van der Waals surface area contributed by atoms with E-state index in [4.69, 9.17) is 4.74 Å². The third-order valence-corrected chi connectivity index (χ3v) is 4.74. The summed E-state index contributed by atoms with van der Waals surface area (Å²) in [5.41, 5.74) is 3.98. The van der Waals surface area contributed by atoms with Gasteiger partial charge in [-0.25, -0.2) is 0 Å². The Balaban J connectivity index is 2.03. The van der Waals surface area contributed by atoms with E-state index in [0.29, 0.717) is 11.5 Å². The molecular formula is C20H23NO2. The molecular weight excluding hydrogens is 286 g/mol. The highest BCUT2D eigenvalue weighted by Crippen LogP contribution is 2.38. The quantitative estimate of drug-likeness (QED) is 0.814. The summed E-state index contributed by atoms with van der Waals surface area (Å²) >= 11 is 0. The van der Waals surface area contributed by atoms with E-state index in [1.165, 1.54) is 5.56 Å². The summed E-state index contributed by atoms with van der Waals surface area (Å²) in [6.07, 6.45) is 0.978. The number of hydrogen-bond donors (Lipinski definition) is 0. The molecule has 0 aliphatic carbocycles. The number of nitrogens with zero attached hydrogens (tertiary/aromatic N) is 1. The van der Waals surface area contributed by atoms with E-state index in [1.54, 1.807) is 7.11 Å². The Bertz CT molecular complexity index is 738. The van der Waals surface area contributed by atoms with E-state index in [0.717, 1.165) is 23.4 Å². The van der Waals surface area contributed by atoms with Gasteiger partial charge in [0.1, 0.15) is 5.75 Å². The number of carbonyl (C=O) groups is 1. The molecule has 1 aliphatic heterocycles. The van der Waals surface area contributed by atoms with Crippen LogP contribution in [0.25, 0.3) is 0 Å². The molecule has 3 rings (SSSR count). The topological polar surface area (TPSA) is 29.5 Å². The molecule has 2 aromatic rings. The van der Waals surface area contributed by atoms with Crippen molar-refractivity contribution < 1.29 is 9.53 Å². The summed E-state index contributed by atoms with van der Waals surface area (Å²) in [6, 6.07) is 14.1. The first-order valence-corrected chi connectivity index (χ1v) is 8.10. The number of carbonyl (C=O) groups excluding carboxylic acids is 1. The van der Waals surface area contributed by atoms with Crippen LogP contribution in [0.2, 0.25) is 0 Å². The summed E-state index contributed by atoms with van der Waals surface area (Å²) in [4.78, 5) is 15.1. The molecule has 1 amide bonds. The van der Waals surface area contributed by atoms with E-state index in [2.05, 4.69) is 19.9 Å². The zero-order chi connectivity index (χ0) is 16.6. The molecule has 3 heteroatoms. The molecule has 0 saturated heterocycles. The maximum absolute atomic E-state index is 13.1. The van der Waals surface area contributed by atoms with Crippen LogP contribution in [0.4, 0.5) is 5.69 Å². The predicted molar refractivity (Wildman–Crippen MR) is 93.5 cm³/mol. The first kappa shape index (κ1) is 15.6. The third kappa shape index (κ3) is 2.72. The number of ether oxygens (including phenoxy) is 1. The largest absolute Gasteiger partial charge is 0.496 e. The Morgan fingerprint density at radius 3 is 2.65 bits per heavy atom. The standard InChI is InChI=1S/C20H23NO2/c1-13-9-10-16(12-19(13)23-4)20(22)21-15(3)11-14(2)17-7-5-6-8-18(17)21/h5-10,12,14-15H,11H2,1-4H3. The van der Waals surface area contributed by atoms with Gasteiger partial charge in [-0.1, -0.05) is 31.2 Å². The second-order valence-electron chi connectivity index (χ2n) is 6.40. The smallest absolute Gasteiger partial charge is 0.258 e. The molecule has 0 bridgehead atoms. The fourth-order valence-corrected chi connectivity index (χ4v) is 3.51. The normalized spacial score (nSPS) is 20.1. The van der Waals surface area contributed by atoms with E-state index >= 15 is 0 Å². The van der Waals surface area contributed by atoms with Gasteiger partial charge in [0.15, 0.2) is 0 Å². The van der Waals surface area contributed by atoms with Crippen LogP contribution in [0, 0.1) is 6.92 Å². The van der Waals surface area contributed by atoms with Gasteiger partial charge in [0, 0.05) is 17.3 Å². The Morgan fingerprint density at radius 1 is 1.17 bits per heavy atom. The lowest BCUT2D eigenvalue weighted by Gasteiger charge is -2.38. The van der Waals surface area contributed by atoms with Gasteiger partial charge in [-0.2, -0.15) is 0 Å². The Hall–Kier alpha value is -2.29. The van der Waals surface area contributed by atoms with Crippen molar-refractivity contribution in [1.82, 2.24) is 0 Å². The summed E-state index contributed by atoms with van der Waals surface area (Å²) in [6.45, 7) is 6.33. The van der Waals surface area contributed by atoms with E-state index < -0.39 is 0 Å². The minimum absolute atomic E-state index is 0.0372. The summed E-state index contributed by atoms with van der Waals surface area (Å²) < 4.78 is 5.37. The van der Waals surface area contributed by atoms with E-state index in [9.17, 15) is 4.79 Å². The van der Waals surface area contributed by atoms with Crippen molar-refractivity contribution in [2.75, 3.05) is 12.0 Å². The van der Waals surface area contributed by atoms with Gasteiger partial charge >= 0.3 is 0 Å². The average molecular weight is 309 g/mol. The molecule has 2 unspecified atom stereocenters. The van der Waals surface area contributed by atoms with Gasteiger partial charge in [0.25, 0.3) is 5.91 Å². The van der Waals surface area contributed by atoms with Crippen molar-refractivity contribution in [3.8, 4) is 5.75 Å². The lowest BCUT2D eigenvalue weighted by Crippen LogP contribution is -2.42. The maximum Gasteiger partial charge on any atom is 0.258 e. The Labute approximate surface area is 137 Å². The summed E-state index contributed by atoms with van der Waals surface area (Å²) in [5, 5.41) is 0. The predicted octanol–water partition coefficient (Wildman–Crippen LogP) is 4.55. The number of methoxy groups -OCH3 is 1. The highest BCUT2D eigenvalue weighted by Gasteiger charge is 2.32. The van der Waals surface area contributed by atoms with Crippen LogP contribution < -0.4 is 9.64 Å². The number of benzene rings is 2. The zero-order valence-electron chi connectivity index (χ0n) is 14.2. The number of para-hydroxylation sites is 1. The van der Waals surface area contributed by atoms with Crippen LogP contribution in [-0.2, 0) is 0 Å². The molecule has 1 aliphatic rings. The van der Waals surface area contributed by atoms with Crippen LogP contribution in [0.1, 0.15) is 47.7 Å². The van der Waals surface area contributed by atoms with Crippen molar-refractivity contribution in [1.29, 1.82) is 0 Å². The van der Waals surface area contributed by atoms with Gasteiger partial charge in [-0.15, -0.1) is 0 Å². The molecule has 0 spiro atoms. The second-order valence-corrected chi connectivity index (χ2v) is 6.40. The first-order valence-electron chi connectivity index (χ1n) is 8.10. The molecule has 0 saturated carbocycles. The molecule has 0 N–H and O–H groups in total. The summed E-state index contributed by atoms with van der Waals surface area (Å²) in [5.74, 6) is 1.26. The van der Waals surface area contributed by atoms with Crippen molar-refractivity contribution in [3.05, 3.63) is 59.2 Å². The van der Waals surface area contributed by atoms with Crippen molar-refractivity contribution in [2.24, 2.45) is 0 Å². The third-order valence-electron chi connectivity index (χ3n) is 4.74. The molecule has 0 aromatic heterocycles. The van der Waals surface area contributed by atoms with Gasteiger partial charge < -0.3 is 9.64 Å². The first-order chi connectivity index (χ1) is 11.0. The fraction of sp³-hybridized carbons (Fsp3) is 0.350. The lowest BCUT2D eigenvalue weighted by molar-refractivity contribution is 0.0973. The van der Waals surface area contributed by atoms with Crippen molar-refractivity contribution in [2.45, 2.75) is 39.2 Å². The van der Waals surface area contributed by atoms with Gasteiger partial charge in [-0.3, -0.25) is 4.79 Å². The Kier molecular flexibility index (Phi) is 4.12. The average Bonchev–Trinajstić information content (AvgIpc) is 2.55. The van der Waals surface area contributed by atoms with Gasteiger partial charge in [-0.05, 0) is 55.5 Å². The summed E-state index contributed by atoms with van der Waals surface area (Å²) in [7, 11) is 1.64. The highest BCUT2D eigenvalue weighted by atomic mass is 16.5. The number of rotatable bonds is 2. The SMILES string of the molecule is COc1cc(C(=O)N2c3ccccc3C(C)CC2C)ccc1C. The van der Waals surface area contributed by atoms with Crippen LogP contribution in [-0.4, -0.2) is 19.1 Å². The molecule has 2 atom stereocenters. The number of amides is 1. The van der Waals surface area contributed by atoms with Crippen LogP contribution in [0.3, 0.4) is 0 Å². The van der Waals surface area contributed by atoms with Crippen LogP contribution >= 0.6 is 0 Å². The van der Waals surface area contributed by atoms with Gasteiger partial charge in [0.05, 0.1) is 7.11 Å². The molecule has 23 heavy (non-hydrogen) atoms. The lowest BCUT2D eigenvalue weighted by atomic mass is 9.87. The molecule has 3 nitrogen and oxygen atoms in total. The van der Waals surface area contributed by atoms with Crippen LogP contribution in [0.5, 0.6) is 5.75 Å². The highest BCUT2D eigenvalue weighted by molar-refractivity contribution is 6.07. The molecule has 1 heterocycles. The number of hydrogen-bond acceptors (Lipinski definition) is 2. The number of fused-ring (bicyclic) bond motifs is 1. The van der Waals surface area contributed by atoms with Crippen molar-refractivity contribution >= 4 is 11.6 Å². The number of aryl methyl sites for hydroxylation is 1.